The van der Waals surface area contributed by atoms with Gasteiger partial charge in [-0.2, -0.15) is 0 Å². The van der Waals surface area contributed by atoms with E-state index in [-0.39, 0.29) is 11.3 Å². The number of nitrogens with two attached hydrogens (primary N) is 1. The van der Waals surface area contributed by atoms with Crippen molar-refractivity contribution < 1.29 is 4.79 Å². The van der Waals surface area contributed by atoms with E-state index in [2.05, 4.69) is 13.0 Å². The average Bonchev–Trinajstić information content (AvgIpc) is 3.03. The zero-order valence-electron chi connectivity index (χ0n) is 11.1. The highest BCUT2D eigenvalue weighted by Crippen LogP contribution is 2.32. The maximum atomic E-state index is 12.6. The summed E-state index contributed by atoms with van der Waals surface area (Å²) in [6, 6.07) is 8.08. The van der Waals surface area contributed by atoms with Crippen LogP contribution in [0.15, 0.2) is 29.6 Å². The van der Waals surface area contributed by atoms with E-state index >= 15 is 0 Å². The van der Waals surface area contributed by atoms with Crippen LogP contribution < -0.4 is 5.73 Å². The molecule has 2 aromatic rings. The minimum Gasteiger partial charge on any atom is -0.338 e. The molecule has 3 nitrogen and oxygen atoms in total. The highest BCUT2D eigenvalue weighted by molar-refractivity contribution is 7.17. The third kappa shape index (κ3) is 2.15. The van der Waals surface area contributed by atoms with E-state index in [1.54, 1.807) is 11.3 Å². The molecule has 0 spiro atoms. The molecule has 3 rings (SSSR count). The molecule has 2 heterocycles. The second kappa shape index (κ2) is 4.62. The Labute approximate surface area is 117 Å². The molecular formula is C15H18N2OS. The van der Waals surface area contributed by atoms with Crippen molar-refractivity contribution in [1.29, 1.82) is 0 Å². The Morgan fingerprint density at radius 1 is 1.47 bits per heavy atom. The van der Waals surface area contributed by atoms with Crippen molar-refractivity contribution in [2.45, 2.75) is 13.3 Å². The maximum absolute atomic E-state index is 12.6. The summed E-state index contributed by atoms with van der Waals surface area (Å²) < 4.78 is 1.17. The van der Waals surface area contributed by atoms with Crippen molar-refractivity contribution in [3.8, 4) is 0 Å². The lowest BCUT2D eigenvalue weighted by molar-refractivity contribution is 0.0779. The first-order valence-electron chi connectivity index (χ1n) is 6.58. The molecule has 1 amide bonds. The molecule has 100 valence electrons. The Kier molecular flexibility index (Phi) is 3.07. The third-order valence-electron chi connectivity index (χ3n) is 4.05. The first kappa shape index (κ1) is 12.6. The number of fused-ring (bicyclic) bond motifs is 1. The van der Waals surface area contributed by atoms with Gasteiger partial charge in [0.05, 0.1) is 5.56 Å². The largest absolute Gasteiger partial charge is 0.338 e. The molecule has 1 aromatic heterocycles. The highest BCUT2D eigenvalue weighted by Gasteiger charge is 2.35. The van der Waals surface area contributed by atoms with Crippen LogP contribution in [0.1, 0.15) is 23.7 Å². The van der Waals surface area contributed by atoms with Gasteiger partial charge in [0.1, 0.15) is 0 Å². The SMILES string of the molecule is CC1(CN)CCN(C(=O)c2csc3ccccc23)C1. The van der Waals surface area contributed by atoms with Crippen LogP contribution in [-0.2, 0) is 0 Å². The average molecular weight is 274 g/mol. The monoisotopic (exact) mass is 274 g/mol. The van der Waals surface area contributed by atoms with Gasteiger partial charge in [-0.1, -0.05) is 25.1 Å². The van der Waals surface area contributed by atoms with Crippen molar-refractivity contribution in [1.82, 2.24) is 4.90 Å². The molecular weight excluding hydrogens is 256 g/mol. The van der Waals surface area contributed by atoms with Gasteiger partial charge in [-0.05, 0) is 24.4 Å². The van der Waals surface area contributed by atoms with Crippen LogP contribution in [0.5, 0.6) is 0 Å². The number of amides is 1. The van der Waals surface area contributed by atoms with Gasteiger partial charge < -0.3 is 10.6 Å². The van der Waals surface area contributed by atoms with Gasteiger partial charge in [0, 0.05) is 28.6 Å². The van der Waals surface area contributed by atoms with Crippen LogP contribution in [0.2, 0.25) is 0 Å². The lowest BCUT2D eigenvalue weighted by Gasteiger charge is -2.22. The molecule has 0 radical (unpaired) electrons. The van der Waals surface area contributed by atoms with Crippen molar-refractivity contribution in [2.75, 3.05) is 19.6 Å². The number of carbonyl (C=O) groups is 1. The molecule has 0 bridgehead atoms. The van der Waals surface area contributed by atoms with Crippen LogP contribution in [0.4, 0.5) is 0 Å². The Hall–Kier alpha value is -1.39. The number of likely N-dealkylation sites (tertiary alicyclic amines) is 1. The van der Waals surface area contributed by atoms with Crippen LogP contribution >= 0.6 is 11.3 Å². The summed E-state index contributed by atoms with van der Waals surface area (Å²) in [5, 5.41) is 3.05. The molecule has 0 saturated carbocycles. The normalized spacial score (nSPS) is 23.2. The van der Waals surface area contributed by atoms with Gasteiger partial charge in [0.25, 0.3) is 5.91 Å². The topological polar surface area (TPSA) is 46.3 Å². The maximum Gasteiger partial charge on any atom is 0.255 e. The zero-order chi connectivity index (χ0) is 13.5. The molecule has 2 N–H and O–H groups in total. The van der Waals surface area contributed by atoms with E-state index in [1.165, 1.54) is 4.70 Å². The van der Waals surface area contributed by atoms with Gasteiger partial charge in [-0.25, -0.2) is 0 Å². The van der Waals surface area contributed by atoms with Crippen LogP contribution in [0.25, 0.3) is 10.1 Å². The van der Waals surface area contributed by atoms with E-state index in [4.69, 9.17) is 5.73 Å². The summed E-state index contributed by atoms with van der Waals surface area (Å²) in [7, 11) is 0. The summed E-state index contributed by atoms with van der Waals surface area (Å²) in [6.45, 7) is 4.39. The molecule has 1 atom stereocenters. The van der Waals surface area contributed by atoms with Crippen LogP contribution in [0.3, 0.4) is 0 Å². The standard InChI is InChI=1S/C15H18N2OS/c1-15(9-16)6-7-17(10-15)14(18)12-8-19-13-5-3-2-4-11(12)13/h2-5,8H,6-7,9-10,16H2,1H3. The Bertz CT molecular complexity index is 621. The fourth-order valence-electron chi connectivity index (χ4n) is 2.68. The minimum absolute atomic E-state index is 0.0848. The first-order chi connectivity index (χ1) is 9.13. The summed E-state index contributed by atoms with van der Waals surface area (Å²) in [5.41, 5.74) is 6.72. The quantitative estimate of drug-likeness (QED) is 0.915. The first-order valence-corrected chi connectivity index (χ1v) is 7.46. The summed E-state index contributed by atoms with van der Waals surface area (Å²) in [4.78, 5) is 14.6. The predicted molar refractivity (Wildman–Crippen MR) is 79.5 cm³/mol. The van der Waals surface area contributed by atoms with E-state index < -0.39 is 0 Å². The van der Waals surface area contributed by atoms with Gasteiger partial charge in [-0.3, -0.25) is 4.79 Å². The Morgan fingerprint density at radius 2 is 2.26 bits per heavy atom. The molecule has 1 aliphatic rings. The number of hydrogen-bond donors (Lipinski definition) is 1. The van der Waals surface area contributed by atoms with Crippen LogP contribution in [-0.4, -0.2) is 30.4 Å². The van der Waals surface area contributed by atoms with E-state index in [0.29, 0.717) is 6.54 Å². The molecule has 1 unspecified atom stereocenters. The lowest BCUT2D eigenvalue weighted by Crippen LogP contribution is -2.34. The lowest BCUT2D eigenvalue weighted by atomic mass is 9.90. The Balaban J connectivity index is 1.89. The zero-order valence-corrected chi connectivity index (χ0v) is 11.9. The number of nitrogens with zero attached hydrogens (tertiary/aromatic N) is 1. The van der Waals surface area contributed by atoms with Gasteiger partial charge in [0.2, 0.25) is 0 Å². The smallest absolute Gasteiger partial charge is 0.255 e. The summed E-state index contributed by atoms with van der Waals surface area (Å²) in [5.74, 6) is 0.148. The highest BCUT2D eigenvalue weighted by atomic mass is 32.1. The number of benzene rings is 1. The second-order valence-electron chi connectivity index (χ2n) is 5.64. The van der Waals surface area contributed by atoms with Crippen molar-refractivity contribution in [3.63, 3.8) is 0 Å². The predicted octanol–water partition coefficient (Wildman–Crippen LogP) is 2.71. The molecule has 4 heteroatoms. The molecule has 1 fully saturated rings. The second-order valence-corrected chi connectivity index (χ2v) is 6.55. The van der Waals surface area contributed by atoms with E-state index in [1.807, 2.05) is 28.5 Å². The third-order valence-corrected chi connectivity index (χ3v) is 5.01. The number of hydrogen-bond acceptors (Lipinski definition) is 3. The number of rotatable bonds is 2. The summed E-state index contributed by atoms with van der Waals surface area (Å²) in [6.07, 6.45) is 0.997. The minimum atomic E-state index is 0.0848. The van der Waals surface area contributed by atoms with Crippen molar-refractivity contribution in [2.24, 2.45) is 11.1 Å². The van der Waals surface area contributed by atoms with E-state index in [9.17, 15) is 4.79 Å². The number of thiophene rings is 1. The Morgan fingerprint density at radius 3 is 3.00 bits per heavy atom. The molecule has 1 aromatic carbocycles. The van der Waals surface area contributed by atoms with Gasteiger partial charge >= 0.3 is 0 Å². The summed E-state index contributed by atoms with van der Waals surface area (Å²) >= 11 is 1.63. The molecule has 1 aliphatic heterocycles. The van der Waals surface area contributed by atoms with Gasteiger partial charge in [-0.15, -0.1) is 11.3 Å². The molecule has 1 saturated heterocycles. The fraction of sp³-hybridized carbons (Fsp3) is 0.400. The van der Waals surface area contributed by atoms with Crippen molar-refractivity contribution >= 4 is 27.3 Å². The number of carbonyl (C=O) groups excluding carboxylic acids is 1. The van der Waals surface area contributed by atoms with E-state index in [0.717, 1.165) is 30.5 Å². The molecule has 0 aliphatic carbocycles. The molecule has 19 heavy (non-hydrogen) atoms. The van der Waals surface area contributed by atoms with Crippen molar-refractivity contribution in [3.05, 3.63) is 35.2 Å². The van der Waals surface area contributed by atoms with Crippen LogP contribution in [0, 0.1) is 5.41 Å². The van der Waals surface area contributed by atoms with Gasteiger partial charge in [0.15, 0.2) is 0 Å². The fourth-order valence-corrected chi connectivity index (χ4v) is 3.61.